The van der Waals surface area contributed by atoms with E-state index in [4.69, 9.17) is 4.74 Å². The lowest BCUT2D eigenvalue weighted by molar-refractivity contribution is -0.154. The zero-order valence-corrected chi connectivity index (χ0v) is 25.6. The molecule has 0 bridgehead atoms. The van der Waals surface area contributed by atoms with Crippen LogP contribution >= 0.6 is 11.3 Å². The Bertz CT molecular complexity index is 1080. The molecule has 0 amide bonds. The fraction of sp³-hybridized carbons (Fsp3) is 0.774. The molecule has 218 valence electrons. The molecule has 3 aliphatic rings. The van der Waals surface area contributed by atoms with Crippen molar-refractivity contribution in [1.29, 1.82) is 0 Å². The molecule has 1 aliphatic carbocycles. The van der Waals surface area contributed by atoms with Crippen LogP contribution in [-0.2, 0) is 14.3 Å². The number of hydrogen-bond donors (Lipinski definition) is 2. The van der Waals surface area contributed by atoms with Crippen LogP contribution in [0.3, 0.4) is 0 Å². The lowest BCUT2D eigenvalue weighted by atomic mass is 9.73. The highest BCUT2D eigenvalue weighted by atomic mass is 32.1. The van der Waals surface area contributed by atoms with Gasteiger partial charge in [-0.3, -0.25) is 14.5 Å². The average Bonchev–Trinajstić information content (AvgIpc) is 3.74. The Kier molecular flexibility index (Phi) is 9.11. The molecule has 2 aliphatic heterocycles. The van der Waals surface area contributed by atoms with Crippen LogP contribution in [0, 0.1) is 30.1 Å². The molecule has 1 unspecified atom stereocenters. The number of fused-ring (bicyclic) bond motifs is 1. The maximum Gasteiger partial charge on any atom is 0.309 e. The number of hydrogen-bond acceptors (Lipinski definition) is 8. The van der Waals surface area contributed by atoms with Crippen molar-refractivity contribution in [3.8, 4) is 0 Å². The molecule has 8 atom stereocenters. The predicted molar refractivity (Wildman–Crippen MR) is 154 cm³/mol. The number of aromatic nitrogens is 1. The first-order chi connectivity index (χ1) is 18.2. The Morgan fingerprint density at radius 2 is 1.90 bits per heavy atom. The topological polar surface area (TPSA) is 99.7 Å². The van der Waals surface area contributed by atoms with Crippen molar-refractivity contribution in [3.63, 3.8) is 0 Å². The number of ketones is 1. The van der Waals surface area contributed by atoms with E-state index in [0.29, 0.717) is 12.5 Å². The summed E-state index contributed by atoms with van der Waals surface area (Å²) in [6.07, 6.45) is 5.33. The van der Waals surface area contributed by atoms with Crippen molar-refractivity contribution in [2.45, 2.75) is 123 Å². The van der Waals surface area contributed by atoms with Gasteiger partial charge in [0.05, 0.1) is 34.7 Å². The summed E-state index contributed by atoms with van der Waals surface area (Å²) in [5.41, 5.74) is 0.630. The number of rotatable bonds is 4. The lowest BCUT2D eigenvalue weighted by Crippen LogP contribution is -2.45. The number of carbonyl (C=O) groups is 2. The van der Waals surface area contributed by atoms with Crippen LogP contribution in [0.1, 0.15) is 97.2 Å². The van der Waals surface area contributed by atoms with Gasteiger partial charge in [0, 0.05) is 35.8 Å². The maximum absolute atomic E-state index is 13.4. The zero-order chi connectivity index (χ0) is 28.7. The highest BCUT2D eigenvalue weighted by Gasteiger charge is 2.59. The van der Waals surface area contributed by atoms with Gasteiger partial charge in [-0.05, 0) is 69.9 Å². The molecule has 0 aromatic carbocycles. The number of cyclic esters (lactones) is 1. The van der Waals surface area contributed by atoms with Crippen LogP contribution in [0.15, 0.2) is 11.0 Å². The summed E-state index contributed by atoms with van der Waals surface area (Å²) in [4.78, 5) is 33.8. The number of nitrogens with zero attached hydrogens (tertiary/aromatic N) is 2. The third kappa shape index (κ3) is 6.83. The quantitative estimate of drug-likeness (QED) is 0.387. The third-order valence-corrected chi connectivity index (χ3v) is 10.5. The van der Waals surface area contributed by atoms with E-state index in [1.165, 1.54) is 12.8 Å². The van der Waals surface area contributed by atoms with Gasteiger partial charge in [0.2, 0.25) is 0 Å². The molecule has 2 saturated heterocycles. The van der Waals surface area contributed by atoms with Crippen LogP contribution < -0.4 is 0 Å². The van der Waals surface area contributed by atoms with Crippen molar-refractivity contribution >= 4 is 29.2 Å². The van der Waals surface area contributed by atoms with Gasteiger partial charge >= 0.3 is 5.97 Å². The van der Waals surface area contributed by atoms with E-state index < -0.39 is 35.6 Å². The summed E-state index contributed by atoms with van der Waals surface area (Å²) in [6, 6.07) is 0.298. The first kappa shape index (κ1) is 30.4. The SMILES string of the molecule is C/C(=C\c1csc(C)n1)[C@@H]1C[C@@H]2N(CC3CC3)[C@]2(C)CCC[C@H](C)[C@H](O)[C@@H](C)C(=O)C(C)(C)[C@@H](O)CC(=O)O1. The Labute approximate surface area is 238 Å². The summed E-state index contributed by atoms with van der Waals surface area (Å²) in [6.45, 7) is 14.4. The number of aliphatic hydroxyl groups excluding tert-OH is 2. The van der Waals surface area contributed by atoms with Crippen LogP contribution in [0.25, 0.3) is 6.08 Å². The van der Waals surface area contributed by atoms with E-state index in [0.717, 1.165) is 48.0 Å². The summed E-state index contributed by atoms with van der Waals surface area (Å²) in [5, 5.41) is 25.0. The van der Waals surface area contributed by atoms with Gasteiger partial charge in [0.25, 0.3) is 0 Å². The summed E-state index contributed by atoms with van der Waals surface area (Å²) >= 11 is 1.59. The molecule has 0 spiro atoms. The number of carbonyl (C=O) groups excluding carboxylic acids is 2. The Hall–Kier alpha value is -1.61. The summed E-state index contributed by atoms with van der Waals surface area (Å²) in [7, 11) is 0. The van der Waals surface area contributed by atoms with Crippen molar-refractivity contribution in [2.75, 3.05) is 6.54 Å². The van der Waals surface area contributed by atoms with E-state index in [1.54, 1.807) is 32.1 Å². The van der Waals surface area contributed by atoms with Gasteiger partial charge in [0.15, 0.2) is 0 Å². The highest BCUT2D eigenvalue weighted by Crippen LogP contribution is 2.51. The van der Waals surface area contributed by atoms with E-state index in [1.807, 2.05) is 32.2 Å². The molecular weight excluding hydrogens is 512 g/mol. The van der Waals surface area contributed by atoms with Crippen molar-refractivity contribution in [2.24, 2.45) is 23.2 Å². The molecule has 39 heavy (non-hydrogen) atoms. The fourth-order valence-corrected chi connectivity index (χ4v) is 7.03. The molecule has 8 heteroatoms. The summed E-state index contributed by atoms with van der Waals surface area (Å²) in [5.74, 6) is -0.661. The first-order valence-corrected chi connectivity index (χ1v) is 15.6. The fourth-order valence-electron chi connectivity index (χ4n) is 6.46. The number of aliphatic hydroxyl groups is 2. The Balaban J connectivity index is 1.62. The molecule has 3 fully saturated rings. The zero-order valence-electron chi connectivity index (χ0n) is 24.8. The molecule has 1 saturated carbocycles. The van der Waals surface area contributed by atoms with Crippen molar-refractivity contribution in [3.05, 3.63) is 21.7 Å². The van der Waals surface area contributed by atoms with E-state index in [9.17, 15) is 19.8 Å². The first-order valence-electron chi connectivity index (χ1n) is 14.7. The lowest BCUT2D eigenvalue weighted by Gasteiger charge is -2.34. The number of Topliss-reactive ketones (excluding diaryl/α,β-unsaturated/α-hetero) is 1. The number of esters is 1. The number of ether oxygens (including phenoxy) is 1. The molecule has 7 nitrogen and oxygen atoms in total. The minimum atomic E-state index is -1.21. The molecule has 3 heterocycles. The average molecular weight is 561 g/mol. The van der Waals surface area contributed by atoms with Gasteiger partial charge in [-0.2, -0.15) is 0 Å². The smallest absolute Gasteiger partial charge is 0.309 e. The second-order valence-corrected chi connectivity index (χ2v) is 14.4. The van der Waals surface area contributed by atoms with Gasteiger partial charge in [-0.25, -0.2) is 4.98 Å². The largest absolute Gasteiger partial charge is 0.458 e. The van der Waals surface area contributed by atoms with Crippen LogP contribution in [0.2, 0.25) is 0 Å². The third-order valence-electron chi connectivity index (χ3n) is 9.74. The second-order valence-electron chi connectivity index (χ2n) is 13.3. The van der Waals surface area contributed by atoms with Gasteiger partial charge in [-0.1, -0.05) is 34.1 Å². The highest BCUT2D eigenvalue weighted by molar-refractivity contribution is 7.09. The van der Waals surface area contributed by atoms with Gasteiger partial charge < -0.3 is 14.9 Å². The van der Waals surface area contributed by atoms with Gasteiger partial charge in [0.1, 0.15) is 11.9 Å². The minimum Gasteiger partial charge on any atom is -0.458 e. The van der Waals surface area contributed by atoms with Crippen LogP contribution in [0.4, 0.5) is 0 Å². The number of aryl methyl sites for hydroxylation is 1. The Morgan fingerprint density at radius 3 is 2.51 bits per heavy atom. The maximum atomic E-state index is 13.4. The van der Waals surface area contributed by atoms with Gasteiger partial charge in [-0.15, -0.1) is 11.3 Å². The van der Waals surface area contributed by atoms with E-state index in [2.05, 4.69) is 16.8 Å². The second kappa shape index (κ2) is 11.7. The minimum absolute atomic E-state index is 0.0232. The predicted octanol–water partition coefficient (Wildman–Crippen LogP) is 5.17. The Morgan fingerprint density at radius 1 is 1.21 bits per heavy atom. The van der Waals surface area contributed by atoms with E-state index >= 15 is 0 Å². The molecule has 1 aromatic rings. The molecule has 4 rings (SSSR count). The summed E-state index contributed by atoms with van der Waals surface area (Å²) < 4.78 is 6.09. The van der Waals surface area contributed by atoms with Crippen molar-refractivity contribution < 1.29 is 24.5 Å². The molecular formula is C31H48N2O5S. The standard InChI is InChI=1S/C31H48N2O5S/c1-18-9-8-12-31(7)25(33(31)16-22-10-11-22)14-24(19(2)13-23-17-39-21(4)32-23)38-27(35)15-26(34)30(5,6)29(37)20(3)28(18)36/h13,17-18,20,22,24-26,28,34,36H,8-12,14-16H2,1-7H3/b19-13+/t18-,20+,24-,25-,26-,28-,31+,33?/m0/s1. The van der Waals surface area contributed by atoms with Crippen molar-refractivity contribution in [1.82, 2.24) is 9.88 Å². The number of thiazole rings is 1. The molecule has 0 radical (unpaired) electrons. The molecule has 2 N–H and O–H groups in total. The van der Waals surface area contributed by atoms with Crippen LogP contribution in [-0.4, -0.2) is 68.3 Å². The van der Waals surface area contributed by atoms with Crippen LogP contribution in [0.5, 0.6) is 0 Å². The normalized spacial score (nSPS) is 38.7. The monoisotopic (exact) mass is 560 g/mol. The van der Waals surface area contributed by atoms with E-state index in [-0.39, 0.29) is 23.7 Å². The molecule has 1 aromatic heterocycles.